The van der Waals surface area contributed by atoms with E-state index in [0.717, 1.165) is 0 Å². The number of aromatic hydroxyl groups is 1. The molecule has 0 aliphatic heterocycles. The normalized spacial score (nSPS) is 11.4. The lowest BCUT2D eigenvalue weighted by molar-refractivity contribution is -0.142. The van der Waals surface area contributed by atoms with Crippen LogP contribution in [0.5, 0.6) is 5.75 Å². The van der Waals surface area contributed by atoms with E-state index >= 15 is 0 Å². The van der Waals surface area contributed by atoms with Crippen molar-refractivity contribution in [2.24, 2.45) is 0 Å². The second-order valence-electron chi connectivity index (χ2n) is 3.85. The van der Waals surface area contributed by atoms with Crippen LogP contribution in [0.25, 0.3) is 0 Å². The van der Waals surface area contributed by atoms with E-state index in [4.69, 9.17) is 5.11 Å². The van der Waals surface area contributed by atoms with Gasteiger partial charge in [0.25, 0.3) is 5.91 Å². The quantitative estimate of drug-likeness (QED) is 0.623. The second kappa shape index (κ2) is 7.07. The van der Waals surface area contributed by atoms with Crippen LogP contribution in [0.3, 0.4) is 0 Å². The van der Waals surface area contributed by atoms with E-state index in [9.17, 15) is 19.5 Å². The molecule has 0 saturated carbocycles. The predicted octanol–water partition coefficient (Wildman–Crippen LogP) is -0.0766. The Balaban J connectivity index is 2.71. The van der Waals surface area contributed by atoms with E-state index in [1.165, 1.54) is 25.4 Å². The Labute approximate surface area is 114 Å². The van der Waals surface area contributed by atoms with Crippen LogP contribution >= 0.6 is 0 Å². The van der Waals surface area contributed by atoms with Crippen LogP contribution in [-0.4, -0.2) is 46.2 Å². The van der Waals surface area contributed by atoms with E-state index in [1.54, 1.807) is 0 Å². The zero-order chi connectivity index (χ0) is 15.1. The highest BCUT2D eigenvalue weighted by Crippen LogP contribution is 2.12. The minimum absolute atomic E-state index is 0.124. The average Bonchev–Trinajstić information content (AvgIpc) is 2.42. The fourth-order valence-corrected chi connectivity index (χ4v) is 1.42. The van der Waals surface area contributed by atoms with Gasteiger partial charge in [-0.2, -0.15) is 0 Å². The van der Waals surface area contributed by atoms with Gasteiger partial charge in [-0.3, -0.25) is 9.59 Å². The number of amides is 1. The maximum Gasteiger partial charge on any atom is 0.326 e. The summed E-state index contributed by atoms with van der Waals surface area (Å²) in [6.45, 7) is 0. The number of hydrogen-bond donors (Lipinski definition) is 3. The van der Waals surface area contributed by atoms with Gasteiger partial charge in [-0.05, 0) is 18.6 Å². The molecule has 0 unspecified atom stereocenters. The molecule has 0 radical (unpaired) electrons. The van der Waals surface area contributed by atoms with Crippen molar-refractivity contribution in [3.8, 4) is 5.75 Å². The first kappa shape index (κ1) is 15.4. The van der Waals surface area contributed by atoms with Gasteiger partial charge in [0.15, 0.2) is 5.69 Å². The van der Waals surface area contributed by atoms with Gasteiger partial charge in [0, 0.05) is 12.6 Å². The van der Waals surface area contributed by atoms with Gasteiger partial charge < -0.3 is 20.3 Å². The van der Waals surface area contributed by atoms with Gasteiger partial charge in [-0.15, -0.1) is 0 Å². The lowest BCUT2D eigenvalue weighted by Crippen LogP contribution is -2.41. The molecular weight excluding hydrogens is 268 g/mol. The molecule has 3 N–H and O–H groups in total. The van der Waals surface area contributed by atoms with Crippen molar-refractivity contribution in [2.75, 3.05) is 7.11 Å². The number of carboxylic acids is 1. The summed E-state index contributed by atoms with van der Waals surface area (Å²) in [4.78, 5) is 37.4. The number of nitrogens with one attached hydrogen (secondary N) is 1. The Morgan fingerprint density at radius 3 is 2.70 bits per heavy atom. The zero-order valence-electron chi connectivity index (χ0n) is 10.7. The molecule has 1 rings (SSSR count). The van der Waals surface area contributed by atoms with E-state index < -0.39 is 23.9 Å². The molecule has 8 nitrogen and oxygen atoms in total. The van der Waals surface area contributed by atoms with E-state index in [1.807, 2.05) is 0 Å². The van der Waals surface area contributed by atoms with Gasteiger partial charge in [0.1, 0.15) is 11.8 Å². The van der Waals surface area contributed by atoms with Crippen LogP contribution in [0.15, 0.2) is 18.3 Å². The zero-order valence-corrected chi connectivity index (χ0v) is 10.7. The molecule has 0 spiro atoms. The monoisotopic (exact) mass is 282 g/mol. The number of carbonyl (C=O) groups is 3. The topological polar surface area (TPSA) is 126 Å². The van der Waals surface area contributed by atoms with Crippen LogP contribution in [0.1, 0.15) is 23.3 Å². The van der Waals surface area contributed by atoms with Crippen LogP contribution in [0, 0.1) is 0 Å². The number of pyridine rings is 1. The number of aromatic nitrogens is 1. The van der Waals surface area contributed by atoms with Crippen LogP contribution in [-0.2, 0) is 14.3 Å². The minimum Gasteiger partial charge on any atom is -0.505 e. The predicted molar refractivity (Wildman–Crippen MR) is 66.0 cm³/mol. The molecule has 1 atom stereocenters. The van der Waals surface area contributed by atoms with Gasteiger partial charge in [0.2, 0.25) is 0 Å². The van der Waals surface area contributed by atoms with Crippen molar-refractivity contribution in [3.05, 3.63) is 24.0 Å². The first-order chi connectivity index (χ1) is 9.45. The molecule has 0 bridgehead atoms. The van der Waals surface area contributed by atoms with E-state index in [2.05, 4.69) is 15.0 Å². The van der Waals surface area contributed by atoms with Crippen molar-refractivity contribution in [1.82, 2.24) is 10.3 Å². The van der Waals surface area contributed by atoms with Crippen LogP contribution in [0.4, 0.5) is 0 Å². The molecule has 1 heterocycles. The lowest BCUT2D eigenvalue weighted by Gasteiger charge is -2.13. The van der Waals surface area contributed by atoms with Crippen molar-refractivity contribution in [1.29, 1.82) is 0 Å². The van der Waals surface area contributed by atoms with Gasteiger partial charge >= 0.3 is 11.9 Å². The van der Waals surface area contributed by atoms with Crippen LogP contribution in [0.2, 0.25) is 0 Å². The summed E-state index contributed by atoms with van der Waals surface area (Å²) in [6, 6.07) is 1.41. The standard InChI is InChI=1S/C12H14N2O6/c1-20-9(16)5-4-7(12(18)19)14-11(17)10-8(15)3-2-6-13-10/h2-3,6-7,15H,4-5H2,1H3,(H,14,17)(H,18,19)/t7-/m1/s1. The lowest BCUT2D eigenvalue weighted by atomic mass is 10.1. The number of rotatable bonds is 6. The maximum absolute atomic E-state index is 11.8. The summed E-state index contributed by atoms with van der Waals surface area (Å²) in [7, 11) is 1.18. The first-order valence-corrected chi connectivity index (χ1v) is 5.70. The molecule has 0 saturated heterocycles. The van der Waals surface area contributed by atoms with Gasteiger partial charge in [0.05, 0.1) is 7.11 Å². The third-order valence-electron chi connectivity index (χ3n) is 2.47. The highest BCUT2D eigenvalue weighted by molar-refractivity contribution is 5.97. The Hall–Kier alpha value is -2.64. The summed E-state index contributed by atoms with van der Waals surface area (Å²) >= 11 is 0. The molecule has 1 amide bonds. The van der Waals surface area contributed by atoms with Crippen molar-refractivity contribution in [3.63, 3.8) is 0 Å². The number of nitrogens with zero attached hydrogens (tertiary/aromatic N) is 1. The van der Waals surface area contributed by atoms with Gasteiger partial charge in [-0.1, -0.05) is 0 Å². The molecule has 1 aromatic heterocycles. The Morgan fingerprint density at radius 1 is 1.45 bits per heavy atom. The minimum atomic E-state index is -1.29. The molecule has 8 heteroatoms. The third-order valence-corrected chi connectivity index (χ3v) is 2.47. The summed E-state index contributed by atoms with van der Waals surface area (Å²) in [5.74, 6) is -3.06. The summed E-state index contributed by atoms with van der Waals surface area (Å²) in [5.41, 5.74) is -0.281. The molecule has 0 aliphatic rings. The van der Waals surface area contributed by atoms with Crippen molar-refractivity contribution in [2.45, 2.75) is 18.9 Å². The Morgan fingerprint density at radius 2 is 2.15 bits per heavy atom. The summed E-state index contributed by atoms with van der Waals surface area (Å²) in [5, 5.41) is 20.6. The highest BCUT2D eigenvalue weighted by Gasteiger charge is 2.23. The van der Waals surface area contributed by atoms with E-state index in [-0.39, 0.29) is 24.3 Å². The van der Waals surface area contributed by atoms with Crippen molar-refractivity contribution >= 4 is 17.8 Å². The molecular formula is C12H14N2O6. The molecule has 0 aliphatic carbocycles. The Kier molecular flexibility index (Phi) is 5.45. The fraction of sp³-hybridized carbons (Fsp3) is 0.333. The number of ether oxygens (including phenoxy) is 1. The molecule has 20 heavy (non-hydrogen) atoms. The number of carbonyl (C=O) groups excluding carboxylic acids is 2. The number of hydrogen-bond acceptors (Lipinski definition) is 6. The first-order valence-electron chi connectivity index (χ1n) is 5.70. The van der Waals surface area contributed by atoms with Gasteiger partial charge in [-0.25, -0.2) is 9.78 Å². The highest BCUT2D eigenvalue weighted by atomic mass is 16.5. The number of methoxy groups -OCH3 is 1. The van der Waals surface area contributed by atoms with Crippen LogP contribution < -0.4 is 5.32 Å². The second-order valence-corrected chi connectivity index (χ2v) is 3.85. The van der Waals surface area contributed by atoms with Crippen molar-refractivity contribution < 1.29 is 29.3 Å². The third kappa shape index (κ3) is 4.23. The molecule has 0 aromatic carbocycles. The SMILES string of the molecule is COC(=O)CC[C@@H](NC(=O)c1ncccc1O)C(=O)O. The number of carboxylic acid groups (broad SMARTS) is 1. The smallest absolute Gasteiger partial charge is 0.326 e. The Bertz CT molecular complexity index is 516. The molecule has 108 valence electrons. The number of esters is 1. The average molecular weight is 282 g/mol. The summed E-state index contributed by atoms with van der Waals surface area (Å²) in [6.07, 6.45) is 1.02. The number of aliphatic carboxylic acids is 1. The molecule has 0 fully saturated rings. The maximum atomic E-state index is 11.8. The fourth-order valence-electron chi connectivity index (χ4n) is 1.42. The molecule has 1 aromatic rings. The summed E-state index contributed by atoms with van der Waals surface area (Å²) < 4.78 is 4.39. The largest absolute Gasteiger partial charge is 0.505 e. The van der Waals surface area contributed by atoms with E-state index in [0.29, 0.717) is 0 Å².